The Morgan fingerprint density at radius 2 is 1.78 bits per heavy atom. The first-order valence-corrected chi connectivity index (χ1v) is 9.98. The molecule has 0 bridgehead atoms. The number of ether oxygens (including phenoxy) is 3. The number of nitrogens with zero attached hydrogens (tertiary/aromatic N) is 2. The predicted molar refractivity (Wildman–Crippen MR) is 104 cm³/mol. The molecule has 2 saturated heterocycles. The monoisotopic (exact) mass is 376 g/mol. The molecular formula is C21H32N2O4. The third-order valence-corrected chi connectivity index (χ3v) is 5.66. The molecule has 0 atom stereocenters. The quantitative estimate of drug-likeness (QED) is 0.730. The van der Waals surface area contributed by atoms with E-state index >= 15 is 0 Å². The molecule has 0 saturated carbocycles. The molecule has 0 unspecified atom stereocenters. The van der Waals surface area contributed by atoms with E-state index in [2.05, 4.69) is 4.90 Å². The summed E-state index contributed by atoms with van der Waals surface area (Å²) in [6.07, 6.45) is 3.50. The number of likely N-dealkylation sites (tertiary alicyclic amines) is 1. The molecule has 150 valence electrons. The first-order valence-electron chi connectivity index (χ1n) is 9.98. The molecule has 2 fully saturated rings. The highest BCUT2D eigenvalue weighted by Crippen LogP contribution is 2.28. The van der Waals surface area contributed by atoms with Crippen LogP contribution in [0, 0.1) is 5.92 Å². The predicted octanol–water partition coefficient (Wildman–Crippen LogP) is 2.21. The van der Waals surface area contributed by atoms with Gasteiger partial charge in [0.05, 0.1) is 27.4 Å². The summed E-state index contributed by atoms with van der Waals surface area (Å²) in [5.74, 6) is 2.40. The van der Waals surface area contributed by atoms with Crippen molar-refractivity contribution in [1.82, 2.24) is 9.80 Å². The smallest absolute Gasteiger partial charge is 0.222 e. The number of aryl methyl sites for hydroxylation is 1. The van der Waals surface area contributed by atoms with Crippen LogP contribution in [0.3, 0.4) is 0 Å². The number of hydrogen-bond donors (Lipinski definition) is 0. The standard InChI is InChI=1S/C21H32N2O4/c1-25-19-5-3-17(15-20(19)26-2)4-6-21(24)23-9-7-18(8-10-23)16-22-11-13-27-14-12-22/h3,5,15,18H,4,6-14,16H2,1-2H3. The van der Waals surface area contributed by atoms with Crippen molar-refractivity contribution in [3.63, 3.8) is 0 Å². The number of benzene rings is 1. The number of carbonyl (C=O) groups is 1. The molecule has 0 radical (unpaired) electrons. The van der Waals surface area contributed by atoms with E-state index in [1.807, 2.05) is 23.1 Å². The molecular weight excluding hydrogens is 344 g/mol. The van der Waals surface area contributed by atoms with Crippen LogP contribution in [0.15, 0.2) is 18.2 Å². The van der Waals surface area contributed by atoms with Crippen molar-refractivity contribution in [2.24, 2.45) is 5.92 Å². The summed E-state index contributed by atoms with van der Waals surface area (Å²) in [5, 5.41) is 0. The zero-order valence-electron chi connectivity index (χ0n) is 16.6. The van der Waals surface area contributed by atoms with Crippen LogP contribution in [0.4, 0.5) is 0 Å². The molecule has 6 heteroatoms. The Morgan fingerprint density at radius 3 is 2.44 bits per heavy atom. The van der Waals surface area contributed by atoms with Gasteiger partial charge in [0.2, 0.25) is 5.91 Å². The number of rotatable bonds is 7. The topological polar surface area (TPSA) is 51.2 Å². The van der Waals surface area contributed by atoms with Crippen LogP contribution in [0.1, 0.15) is 24.8 Å². The molecule has 0 aliphatic carbocycles. The molecule has 2 heterocycles. The van der Waals surface area contributed by atoms with Gasteiger partial charge in [-0.3, -0.25) is 9.69 Å². The molecule has 3 rings (SSSR count). The molecule has 1 aromatic rings. The van der Waals surface area contributed by atoms with Gasteiger partial charge in [-0.15, -0.1) is 0 Å². The van der Waals surface area contributed by atoms with E-state index in [1.54, 1.807) is 14.2 Å². The summed E-state index contributed by atoms with van der Waals surface area (Å²) in [5.41, 5.74) is 1.10. The molecule has 0 aromatic heterocycles. The fraction of sp³-hybridized carbons (Fsp3) is 0.667. The van der Waals surface area contributed by atoms with Crippen LogP contribution in [-0.2, 0) is 16.0 Å². The van der Waals surface area contributed by atoms with Crippen LogP contribution in [-0.4, -0.2) is 75.9 Å². The van der Waals surface area contributed by atoms with E-state index in [-0.39, 0.29) is 5.91 Å². The summed E-state index contributed by atoms with van der Waals surface area (Å²) in [7, 11) is 3.26. The van der Waals surface area contributed by atoms with Crippen molar-refractivity contribution in [2.45, 2.75) is 25.7 Å². The fourth-order valence-corrected chi connectivity index (χ4v) is 3.96. The van der Waals surface area contributed by atoms with Crippen molar-refractivity contribution in [2.75, 3.05) is 60.2 Å². The Balaban J connectivity index is 1.41. The van der Waals surface area contributed by atoms with Gasteiger partial charge in [0.25, 0.3) is 0 Å². The maximum atomic E-state index is 12.6. The van der Waals surface area contributed by atoms with Crippen LogP contribution in [0.25, 0.3) is 0 Å². The highest BCUT2D eigenvalue weighted by atomic mass is 16.5. The number of amides is 1. The molecule has 0 spiro atoms. The van der Waals surface area contributed by atoms with Crippen molar-refractivity contribution >= 4 is 5.91 Å². The lowest BCUT2D eigenvalue weighted by Gasteiger charge is -2.36. The van der Waals surface area contributed by atoms with Crippen molar-refractivity contribution < 1.29 is 19.0 Å². The second-order valence-corrected chi connectivity index (χ2v) is 7.43. The van der Waals surface area contributed by atoms with E-state index < -0.39 is 0 Å². The van der Waals surface area contributed by atoms with E-state index in [9.17, 15) is 4.79 Å². The number of morpholine rings is 1. The first kappa shape index (κ1) is 20.0. The lowest BCUT2D eigenvalue weighted by Crippen LogP contribution is -2.44. The SMILES string of the molecule is COc1ccc(CCC(=O)N2CCC(CN3CCOCC3)CC2)cc1OC. The third-order valence-electron chi connectivity index (χ3n) is 5.66. The second-order valence-electron chi connectivity index (χ2n) is 7.43. The van der Waals surface area contributed by atoms with Gasteiger partial charge in [-0.05, 0) is 42.9 Å². The summed E-state index contributed by atoms with van der Waals surface area (Å²) in [4.78, 5) is 17.1. The van der Waals surface area contributed by atoms with Crippen LogP contribution in [0.2, 0.25) is 0 Å². The second kappa shape index (κ2) is 9.95. The molecule has 6 nitrogen and oxygen atoms in total. The minimum Gasteiger partial charge on any atom is -0.493 e. The lowest BCUT2D eigenvalue weighted by molar-refractivity contribution is -0.132. The Hall–Kier alpha value is -1.79. The number of piperidine rings is 1. The molecule has 0 N–H and O–H groups in total. The van der Waals surface area contributed by atoms with Gasteiger partial charge in [-0.2, -0.15) is 0 Å². The largest absolute Gasteiger partial charge is 0.493 e. The summed E-state index contributed by atoms with van der Waals surface area (Å²) < 4.78 is 16.0. The van der Waals surface area contributed by atoms with Gasteiger partial charge >= 0.3 is 0 Å². The zero-order chi connectivity index (χ0) is 19.1. The summed E-state index contributed by atoms with van der Waals surface area (Å²) in [6, 6.07) is 5.86. The van der Waals surface area contributed by atoms with Crippen LogP contribution >= 0.6 is 0 Å². The average molecular weight is 376 g/mol. The lowest BCUT2D eigenvalue weighted by atomic mass is 9.95. The van der Waals surface area contributed by atoms with E-state index in [4.69, 9.17) is 14.2 Å². The highest BCUT2D eigenvalue weighted by Gasteiger charge is 2.24. The van der Waals surface area contributed by atoms with E-state index in [0.29, 0.717) is 18.1 Å². The Kier molecular flexibility index (Phi) is 7.35. The van der Waals surface area contributed by atoms with Gasteiger partial charge in [0, 0.05) is 39.1 Å². The van der Waals surface area contributed by atoms with Crippen LogP contribution in [0.5, 0.6) is 11.5 Å². The maximum absolute atomic E-state index is 12.6. The average Bonchev–Trinajstić information content (AvgIpc) is 2.73. The van der Waals surface area contributed by atoms with Gasteiger partial charge in [0.15, 0.2) is 11.5 Å². The minimum absolute atomic E-state index is 0.259. The fourth-order valence-electron chi connectivity index (χ4n) is 3.96. The summed E-state index contributed by atoms with van der Waals surface area (Å²) in [6.45, 7) is 6.73. The number of methoxy groups -OCH3 is 2. The van der Waals surface area contributed by atoms with Gasteiger partial charge < -0.3 is 19.1 Å². The maximum Gasteiger partial charge on any atom is 0.222 e. The summed E-state index contributed by atoms with van der Waals surface area (Å²) >= 11 is 0. The molecule has 2 aliphatic heterocycles. The molecule has 27 heavy (non-hydrogen) atoms. The van der Waals surface area contributed by atoms with E-state index in [1.165, 1.54) is 0 Å². The highest BCUT2D eigenvalue weighted by molar-refractivity contribution is 5.76. The normalized spacial score (nSPS) is 19.1. The minimum atomic E-state index is 0.259. The number of hydrogen-bond acceptors (Lipinski definition) is 5. The van der Waals surface area contributed by atoms with Gasteiger partial charge in [-0.25, -0.2) is 0 Å². The Labute approximate surface area is 162 Å². The zero-order valence-corrected chi connectivity index (χ0v) is 16.6. The Morgan fingerprint density at radius 1 is 1.07 bits per heavy atom. The number of carbonyl (C=O) groups excluding carboxylic acids is 1. The van der Waals surface area contributed by atoms with Gasteiger partial charge in [0.1, 0.15) is 0 Å². The first-order chi connectivity index (χ1) is 13.2. The molecule has 1 aromatic carbocycles. The van der Waals surface area contributed by atoms with Crippen LogP contribution < -0.4 is 9.47 Å². The Bertz CT molecular complexity index is 608. The van der Waals surface area contributed by atoms with Crippen molar-refractivity contribution in [3.8, 4) is 11.5 Å². The van der Waals surface area contributed by atoms with Gasteiger partial charge in [-0.1, -0.05) is 6.07 Å². The van der Waals surface area contributed by atoms with E-state index in [0.717, 1.165) is 76.5 Å². The van der Waals surface area contributed by atoms with Crippen molar-refractivity contribution in [3.05, 3.63) is 23.8 Å². The molecule has 2 aliphatic rings. The van der Waals surface area contributed by atoms with Crippen molar-refractivity contribution in [1.29, 1.82) is 0 Å². The molecule has 1 amide bonds. The third kappa shape index (κ3) is 5.59.